The van der Waals surface area contributed by atoms with Crippen molar-refractivity contribution in [1.82, 2.24) is 10.3 Å². The van der Waals surface area contributed by atoms with Crippen molar-refractivity contribution in [3.8, 4) is 0 Å². The van der Waals surface area contributed by atoms with E-state index in [0.717, 1.165) is 10.9 Å². The minimum atomic E-state index is -0.0162. The second-order valence-electron chi connectivity index (χ2n) is 4.73. The molecule has 2 atom stereocenters. The lowest BCUT2D eigenvalue weighted by Crippen LogP contribution is -2.41. The van der Waals surface area contributed by atoms with Crippen LogP contribution in [0.1, 0.15) is 43.0 Å². The van der Waals surface area contributed by atoms with Gasteiger partial charge in [0, 0.05) is 22.9 Å². The van der Waals surface area contributed by atoms with Gasteiger partial charge in [0.15, 0.2) is 0 Å². The van der Waals surface area contributed by atoms with Crippen molar-refractivity contribution in [3.05, 3.63) is 28.5 Å². The van der Waals surface area contributed by atoms with Crippen molar-refractivity contribution in [2.45, 2.75) is 38.6 Å². The average molecular weight is 297 g/mol. The van der Waals surface area contributed by atoms with Gasteiger partial charge in [-0.25, -0.2) is 0 Å². The second-order valence-corrected chi connectivity index (χ2v) is 5.65. The fourth-order valence-corrected chi connectivity index (χ4v) is 2.68. The van der Waals surface area contributed by atoms with Crippen LogP contribution in [0, 0.1) is 5.92 Å². The summed E-state index contributed by atoms with van der Waals surface area (Å²) in [6.45, 7) is 2.21. The van der Waals surface area contributed by atoms with Gasteiger partial charge in [-0.3, -0.25) is 9.78 Å². The first-order valence-electron chi connectivity index (χ1n) is 6.08. The first-order valence-corrected chi connectivity index (χ1v) is 6.87. The number of nitrogens with zero attached hydrogens (tertiary/aromatic N) is 1. The zero-order valence-corrected chi connectivity index (χ0v) is 11.5. The van der Waals surface area contributed by atoms with Crippen molar-refractivity contribution >= 4 is 21.8 Å². The summed E-state index contributed by atoms with van der Waals surface area (Å²) < 4.78 is 0.835. The van der Waals surface area contributed by atoms with E-state index in [4.69, 9.17) is 0 Å². The molecule has 1 aliphatic rings. The first kappa shape index (κ1) is 12.6. The molecule has 0 saturated heterocycles. The number of hydrogen-bond acceptors (Lipinski definition) is 2. The van der Waals surface area contributed by atoms with Crippen molar-refractivity contribution in [2.24, 2.45) is 5.92 Å². The van der Waals surface area contributed by atoms with E-state index in [1.807, 2.05) is 0 Å². The summed E-state index contributed by atoms with van der Waals surface area (Å²) in [5.74, 6) is 0.561. The Morgan fingerprint density at radius 3 is 2.88 bits per heavy atom. The molecule has 1 aromatic rings. The van der Waals surface area contributed by atoms with Gasteiger partial charge < -0.3 is 5.32 Å². The molecule has 1 N–H and O–H groups in total. The van der Waals surface area contributed by atoms with Crippen LogP contribution in [0.15, 0.2) is 22.9 Å². The molecule has 1 aromatic heterocycles. The van der Waals surface area contributed by atoms with Crippen LogP contribution in [0.5, 0.6) is 0 Å². The van der Waals surface area contributed by atoms with Gasteiger partial charge in [-0.1, -0.05) is 19.8 Å². The normalized spacial score (nSPS) is 24.4. The van der Waals surface area contributed by atoms with Gasteiger partial charge in [0.05, 0.1) is 5.56 Å². The van der Waals surface area contributed by atoms with Gasteiger partial charge >= 0.3 is 0 Å². The highest BCUT2D eigenvalue weighted by Crippen LogP contribution is 2.24. The third-order valence-electron chi connectivity index (χ3n) is 3.40. The third-order valence-corrected chi connectivity index (χ3v) is 3.83. The van der Waals surface area contributed by atoms with E-state index < -0.39 is 0 Å². The molecule has 4 heteroatoms. The molecule has 1 saturated carbocycles. The Labute approximate surface area is 110 Å². The van der Waals surface area contributed by atoms with Crippen molar-refractivity contribution in [2.75, 3.05) is 0 Å². The lowest BCUT2D eigenvalue weighted by molar-refractivity contribution is 0.0910. The quantitative estimate of drug-likeness (QED) is 0.911. The first-order chi connectivity index (χ1) is 8.16. The molecule has 2 rings (SSSR count). The Morgan fingerprint density at radius 1 is 1.41 bits per heavy atom. The molecular weight excluding hydrogens is 280 g/mol. The van der Waals surface area contributed by atoms with Crippen LogP contribution < -0.4 is 5.32 Å². The van der Waals surface area contributed by atoms with Crippen LogP contribution >= 0.6 is 15.9 Å². The predicted molar refractivity (Wildman–Crippen MR) is 70.8 cm³/mol. The van der Waals surface area contributed by atoms with Gasteiger partial charge in [0.2, 0.25) is 0 Å². The fourth-order valence-electron chi connectivity index (χ4n) is 2.32. The summed E-state index contributed by atoms with van der Waals surface area (Å²) in [7, 11) is 0. The summed E-state index contributed by atoms with van der Waals surface area (Å²) in [4.78, 5) is 16.0. The Bertz CT molecular complexity index is 408. The lowest BCUT2D eigenvalue weighted by Gasteiger charge is -2.29. The van der Waals surface area contributed by atoms with Crippen molar-refractivity contribution < 1.29 is 4.79 Å². The number of carbonyl (C=O) groups is 1. The van der Waals surface area contributed by atoms with Crippen LogP contribution in [0.2, 0.25) is 0 Å². The molecule has 0 aromatic carbocycles. The number of rotatable bonds is 2. The Kier molecular flexibility index (Phi) is 4.15. The molecule has 3 nitrogen and oxygen atoms in total. The van der Waals surface area contributed by atoms with E-state index in [1.54, 1.807) is 18.5 Å². The summed E-state index contributed by atoms with van der Waals surface area (Å²) in [5, 5.41) is 3.11. The van der Waals surface area contributed by atoms with Crippen LogP contribution in [0.25, 0.3) is 0 Å². The van der Waals surface area contributed by atoms with Gasteiger partial charge in [0.1, 0.15) is 0 Å². The van der Waals surface area contributed by atoms with E-state index in [9.17, 15) is 4.79 Å². The number of halogens is 1. The highest BCUT2D eigenvalue weighted by atomic mass is 79.9. The van der Waals surface area contributed by atoms with Gasteiger partial charge in [0.25, 0.3) is 5.91 Å². The summed E-state index contributed by atoms with van der Waals surface area (Å²) in [6.07, 6.45) is 8.08. The fraction of sp³-hybridized carbons (Fsp3) is 0.538. The van der Waals surface area contributed by atoms with E-state index in [-0.39, 0.29) is 5.91 Å². The van der Waals surface area contributed by atoms with Crippen LogP contribution in [-0.2, 0) is 0 Å². The number of amides is 1. The van der Waals surface area contributed by atoms with Gasteiger partial charge in [-0.15, -0.1) is 0 Å². The molecule has 1 heterocycles. The zero-order chi connectivity index (χ0) is 12.3. The Morgan fingerprint density at radius 2 is 2.18 bits per heavy atom. The highest BCUT2D eigenvalue weighted by molar-refractivity contribution is 9.10. The molecule has 1 aliphatic carbocycles. The molecule has 92 valence electrons. The third kappa shape index (κ3) is 3.28. The Balaban J connectivity index is 2.01. The van der Waals surface area contributed by atoms with Gasteiger partial charge in [-0.05, 0) is 40.8 Å². The molecule has 0 unspecified atom stereocenters. The largest absolute Gasteiger partial charge is 0.349 e. The maximum absolute atomic E-state index is 12.0. The van der Waals surface area contributed by atoms with E-state index in [0.29, 0.717) is 17.5 Å². The summed E-state index contributed by atoms with van der Waals surface area (Å²) in [6, 6.07) is 2.12. The van der Waals surface area contributed by atoms with E-state index >= 15 is 0 Å². The zero-order valence-electron chi connectivity index (χ0n) is 9.95. The SMILES string of the molecule is C[C@H]1CCCC[C@@H]1NC(=O)c1cncc(Br)c1. The topological polar surface area (TPSA) is 42.0 Å². The molecule has 0 bridgehead atoms. The molecule has 0 spiro atoms. The smallest absolute Gasteiger partial charge is 0.253 e. The van der Waals surface area contributed by atoms with Gasteiger partial charge in [-0.2, -0.15) is 0 Å². The average Bonchev–Trinajstić information content (AvgIpc) is 2.32. The number of pyridine rings is 1. The predicted octanol–water partition coefficient (Wildman–Crippen LogP) is 3.15. The van der Waals surface area contributed by atoms with Crippen LogP contribution in [0.4, 0.5) is 0 Å². The van der Waals surface area contributed by atoms with Crippen molar-refractivity contribution in [1.29, 1.82) is 0 Å². The standard InChI is InChI=1S/C13H17BrN2O/c1-9-4-2-3-5-12(9)16-13(17)10-6-11(14)8-15-7-10/h6-9,12H,2-5H2,1H3,(H,16,17)/t9-,12-/m0/s1. The number of hydrogen-bond donors (Lipinski definition) is 1. The molecule has 17 heavy (non-hydrogen) atoms. The number of carbonyl (C=O) groups excluding carboxylic acids is 1. The second kappa shape index (κ2) is 5.63. The van der Waals surface area contributed by atoms with Crippen LogP contribution in [-0.4, -0.2) is 16.9 Å². The lowest BCUT2D eigenvalue weighted by atomic mass is 9.86. The monoisotopic (exact) mass is 296 g/mol. The highest BCUT2D eigenvalue weighted by Gasteiger charge is 2.23. The van der Waals surface area contributed by atoms with E-state index in [1.165, 1.54) is 19.3 Å². The van der Waals surface area contributed by atoms with Crippen LogP contribution in [0.3, 0.4) is 0 Å². The maximum Gasteiger partial charge on any atom is 0.253 e. The molecular formula is C13H17BrN2O. The minimum absolute atomic E-state index is 0.0162. The minimum Gasteiger partial charge on any atom is -0.349 e. The van der Waals surface area contributed by atoms with E-state index in [2.05, 4.69) is 33.2 Å². The molecule has 0 radical (unpaired) electrons. The Hall–Kier alpha value is -0.900. The molecule has 0 aliphatic heterocycles. The number of aromatic nitrogens is 1. The summed E-state index contributed by atoms with van der Waals surface area (Å²) in [5.41, 5.74) is 0.622. The number of nitrogens with one attached hydrogen (secondary N) is 1. The van der Waals surface area contributed by atoms with Crippen molar-refractivity contribution in [3.63, 3.8) is 0 Å². The molecule has 1 fully saturated rings. The maximum atomic E-state index is 12.0. The molecule has 1 amide bonds. The summed E-state index contributed by atoms with van der Waals surface area (Å²) >= 11 is 3.33.